The molecule has 12 heavy (non-hydrogen) atoms. The van der Waals surface area contributed by atoms with Crippen LogP contribution in [0, 0.1) is 11.3 Å². The van der Waals surface area contributed by atoms with Crippen molar-refractivity contribution < 1.29 is 0 Å². The minimum atomic E-state index is 0.871. The summed E-state index contributed by atoms with van der Waals surface area (Å²) in [5, 5.41) is 12.7. The molecule has 0 atom stereocenters. The van der Waals surface area contributed by atoms with Gasteiger partial charge in [0, 0.05) is 5.38 Å². The molecule has 0 aliphatic rings. The lowest BCUT2D eigenvalue weighted by molar-refractivity contribution is 0.718. The first-order valence-corrected chi connectivity index (χ1v) is 5.28. The topological polar surface area (TPSA) is 23.8 Å². The minimum Gasteiger partial charge on any atom is -0.192 e. The number of thiophene rings is 1. The number of hydrogen-bond donors (Lipinski definition) is 0. The summed E-state index contributed by atoms with van der Waals surface area (Å²) in [6.07, 6.45) is 4.79. The zero-order chi connectivity index (χ0) is 8.81. The third-order valence-corrected chi connectivity index (χ3v) is 2.70. The lowest BCUT2D eigenvalue weighted by Gasteiger charge is -1.96. The Morgan fingerprint density at radius 2 is 2.25 bits per heavy atom. The van der Waals surface area contributed by atoms with Gasteiger partial charge in [-0.25, -0.2) is 0 Å². The molecule has 0 radical (unpaired) electrons. The first-order valence-electron chi connectivity index (χ1n) is 4.33. The molecule has 0 aliphatic heterocycles. The molecule has 0 spiro atoms. The maximum atomic E-state index is 8.72. The molecule has 1 aromatic rings. The molecule has 0 aliphatic carbocycles. The van der Waals surface area contributed by atoms with E-state index in [0.717, 1.165) is 12.0 Å². The second-order valence-electron chi connectivity index (χ2n) is 2.88. The van der Waals surface area contributed by atoms with Crippen molar-refractivity contribution in [3.8, 4) is 6.07 Å². The van der Waals surface area contributed by atoms with Gasteiger partial charge in [0.1, 0.15) is 6.07 Å². The smallest absolute Gasteiger partial charge is 0.100 e. The van der Waals surface area contributed by atoms with Crippen LogP contribution in [0.2, 0.25) is 0 Å². The molecule has 2 heteroatoms. The molecule has 64 valence electrons. The van der Waals surface area contributed by atoms with Crippen LogP contribution < -0.4 is 0 Å². The molecular formula is C10H13NS. The number of nitrogens with zero attached hydrogens (tertiary/aromatic N) is 1. The number of rotatable bonds is 4. The molecular weight excluding hydrogens is 166 g/mol. The zero-order valence-corrected chi connectivity index (χ0v) is 8.16. The molecule has 0 aromatic carbocycles. The average Bonchev–Trinajstić information content (AvgIpc) is 2.52. The first-order chi connectivity index (χ1) is 5.88. The van der Waals surface area contributed by atoms with Crippen molar-refractivity contribution in [3.63, 3.8) is 0 Å². The van der Waals surface area contributed by atoms with Gasteiger partial charge in [0.05, 0.1) is 5.56 Å². The summed E-state index contributed by atoms with van der Waals surface area (Å²) in [5.41, 5.74) is 2.10. The molecule has 0 N–H and O–H groups in total. The zero-order valence-electron chi connectivity index (χ0n) is 7.34. The summed E-state index contributed by atoms with van der Waals surface area (Å²) in [7, 11) is 0. The Morgan fingerprint density at radius 3 is 2.92 bits per heavy atom. The Labute approximate surface area is 77.7 Å². The molecule has 0 amide bonds. The van der Waals surface area contributed by atoms with Crippen molar-refractivity contribution in [3.05, 3.63) is 21.9 Å². The van der Waals surface area contributed by atoms with Crippen LogP contribution in [0.25, 0.3) is 0 Å². The van der Waals surface area contributed by atoms with E-state index in [4.69, 9.17) is 5.26 Å². The Kier molecular flexibility index (Phi) is 3.83. The third kappa shape index (κ3) is 2.35. The highest BCUT2D eigenvalue weighted by molar-refractivity contribution is 7.08. The predicted octanol–water partition coefficient (Wildman–Crippen LogP) is 3.35. The maximum absolute atomic E-state index is 8.72. The van der Waals surface area contributed by atoms with Gasteiger partial charge in [0.25, 0.3) is 0 Å². The highest BCUT2D eigenvalue weighted by Crippen LogP contribution is 2.16. The Hall–Kier alpha value is -0.810. The standard InChI is InChI=1S/C10H13NS/c1-2-3-4-5-9-7-12-8-10(9)6-11/h7-8H,2-5H2,1H3. The monoisotopic (exact) mass is 179 g/mol. The van der Waals surface area contributed by atoms with Crippen molar-refractivity contribution >= 4 is 11.3 Å². The van der Waals surface area contributed by atoms with Crippen molar-refractivity contribution in [2.75, 3.05) is 0 Å². The van der Waals surface area contributed by atoms with Crippen LogP contribution in [-0.2, 0) is 6.42 Å². The summed E-state index contributed by atoms with van der Waals surface area (Å²) in [4.78, 5) is 0. The van der Waals surface area contributed by atoms with Crippen molar-refractivity contribution in [1.29, 1.82) is 5.26 Å². The molecule has 0 saturated carbocycles. The van der Waals surface area contributed by atoms with E-state index < -0.39 is 0 Å². The maximum Gasteiger partial charge on any atom is 0.100 e. The van der Waals surface area contributed by atoms with E-state index in [0.29, 0.717) is 0 Å². The average molecular weight is 179 g/mol. The van der Waals surface area contributed by atoms with E-state index in [1.807, 2.05) is 5.38 Å². The highest BCUT2D eigenvalue weighted by Gasteiger charge is 2.01. The predicted molar refractivity (Wildman–Crippen MR) is 52.3 cm³/mol. The van der Waals surface area contributed by atoms with Crippen molar-refractivity contribution in [2.24, 2.45) is 0 Å². The molecule has 0 fully saturated rings. The highest BCUT2D eigenvalue weighted by atomic mass is 32.1. The summed E-state index contributed by atoms with van der Waals surface area (Å²) >= 11 is 1.63. The van der Waals surface area contributed by atoms with E-state index in [2.05, 4.69) is 18.4 Å². The summed E-state index contributed by atoms with van der Waals surface area (Å²) in [6, 6.07) is 2.21. The van der Waals surface area contributed by atoms with E-state index in [1.54, 1.807) is 11.3 Å². The molecule has 0 saturated heterocycles. The fourth-order valence-electron chi connectivity index (χ4n) is 1.18. The number of aryl methyl sites for hydroxylation is 1. The summed E-state index contributed by atoms with van der Waals surface area (Å²) in [6.45, 7) is 2.19. The van der Waals surface area contributed by atoms with Gasteiger partial charge < -0.3 is 0 Å². The molecule has 1 aromatic heterocycles. The van der Waals surface area contributed by atoms with Gasteiger partial charge >= 0.3 is 0 Å². The number of nitriles is 1. The lowest BCUT2D eigenvalue weighted by atomic mass is 10.1. The first kappa shape index (κ1) is 9.28. The molecule has 0 unspecified atom stereocenters. The SMILES string of the molecule is CCCCCc1cscc1C#N. The second-order valence-corrected chi connectivity index (χ2v) is 3.62. The van der Waals surface area contributed by atoms with Gasteiger partial charge in [-0.3, -0.25) is 0 Å². The van der Waals surface area contributed by atoms with Gasteiger partial charge in [-0.2, -0.15) is 16.6 Å². The van der Waals surface area contributed by atoms with Crippen LogP contribution >= 0.6 is 11.3 Å². The Bertz CT molecular complexity index is 270. The van der Waals surface area contributed by atoms with Crippen LogP contribution in [0.4, 0.5) is 0 Å². The summed E-state index contributed by atoms with van der Waals surface area (Å²) in [5.74, 6) is 0. The fraction of sp³-hybridized carbons (Fsp3) is 0.500. The quantitative estimate of drug-likeness (QED) is 0.650. The molecule has 0 bridgehead atoms. The normalized spacial score (nSPS) is 9.67. The molecule has 1 rings (SSSR count). The van der Waals surface area contributed by atoms with Crippen molar-refractivity contribution in [1.82, 2.24) is 0 Å². The third-order valence-electron chi connectivity index (χ3n) is 1.91. The van der Waals surface area contributed by atoms with E-state index in [1.165, 1.54) is 24.8 Å². The lowest BCUT2D eigenvalue weighted by Crippen LogP contribution is -1.85. The van der Waals surface area contributed by atoms with E-state index >= 15 is 0 Å². The molecule has 1 heterocycles. The van der Waals surface area contributed by atoms with Gasteiger partial charge in [-0.1, -0.05) is 19.8 Å². The Morgan fingerprint density at radius 1 is 1.42 bits per heavy atom. The van der Waals surface area contributed by atoms with E-state index in [9.17, 15) is 0 Å². The van der Waals surface area contributed by atoms with Crippen molar-refractivity contribution in [2.45, 2.75) is 32.6 Å². The van der Waals surface area contributed by atoms with Gasteiger partial charge in [-0.05, 0) is 23.8 Å². The van der Waals surface area contributed by atoms with E-state index in [-0.39, 0.29) is 0 Å². The molecule has 1 nitrogen and oxygen atoms in total. The number of unbranched alkanes of at least 4 members (excludes halogenated alkanes) is 2. The van der Waals surface area contributed by atoms with Crippen LogP contribution in [0.5, 0.6) is 0 Å². The largest absolute Gasteiger partial charge is 0.192 e. The minimum absolute atomic E-state index is 0.871. The van der Waals surface area contributed by atoms with Gasteiger partial charge in [0.2, 0.25) is 0 Å². The number of hydrogen-bond acceptors (Lipinski definition) is 2. The van der Waals surface area contributed by atoms with Crippen LogP contribution in [0.3, 0.4) is 0 Å². The Balaban J connectivity index is 2.46. The van der Waals surface area contributed by atoms with Gasteiger partial charge in [0.15, 0.2) is 0 Å². The van der Waals surface area contributed by atoms with Crippen LogP contribution in [0.15, 0.2) is 10.8 Å². The fourth-order valence-corrected chi connectivity index (χ4v) is 2.00. The van der Waals surface area contributed by atoms with Crippen LogP contribution in [0.1, 0.15) is 37.3 Å². The second kappa shape index (κ2) is 4.95. The van der Waals surface area contributed by atoms with Gasteiger partial charge in [-0.15, -0.1) is 0 Å². The summed E-state index contributed by atoms with van der Waals surface area (Å²) < 4.78 is 0. The van der Waals surface area contributed by atoms with Crippen LogP contribution in [-0.4, -0.2) is 0 Å².